The summed E-state index contributed by atoms with van der Waals surface area (Å²) in [4.78, 5) is 19.2. The van der Waals surface area contributed by atoms with Crippen molar-refractivity contribution in [3.63, 3.8) is 0 Å². The van der Waals surface area contributed by atoms with Gasteiger partial charge in [-0.3, -0.25) is 9.89 Å². The Hall–Kier alpha value is -2.54. The number of carbonyl (C=O) groups excluding carboxylic acids is 1. The topological polar surface area (TPSA) is 123 Å². The molecular weight excluding hydrogens is 345 g/mol. The van der Waals surface area contributed by atoms with Crippen molar-refractivity contribution in [2.75, 3.05) is 33.4 Å². The Labute approximate surface area is 140 Å². The molecule has 3 N–H and O–H groups in total. The van der Waals surface area contributed by atoms with Crippen LogP contribution in [0.5, 0.6) is 0 Å². The van der Waals surface area contributed by atoms with E-state index in [1.807, 2.05) is 0 Å². The number of nitrogens with one attached hydrogen (secondary N) is 3. The smallest absolute Gasteiger partial charge is 0.383 e. The van der Waals surface area contributed by atoms with E-state index in [-0.39, 0.29) is 17.6 Å². The average molecular weight is 362 g/mol. The second-order valence-electron chi connectivity index (χ2n) is 4.87. The molecule has 0 spiro atoms. The molecule has 1 amide bonds. The SMILES string of the molecule is COCCNCCNC(=O)c1nc(C)n(-c2n[nH]c(C(F)(F)F)n2)n1. The van der Waals surface area contributed by atoms with E-state index in [0.717, 1.165) is 4.68 Å². The lowest BCUT2D eigenvalue weighted by Crippen LogP contribution is -2.33. The number of ether oxygens (including phenoxy) is 1. The van der Waals surface area contributed by atoms with Gasteiger partial charge in [-0.05, 0) is 6.92 Å². The van der Waals surface area contributed by atoms with Crippen LogP contribution < -0.4 is 10.6 Å². The molecule has 0 aliphatic heterocycles. The number of aromatic nitrogens is 6. The van der Waals surface area contributed by atoms with Crippen LogP contribution in [0.25, 0.3) is 5.95 Å². The lowest BCUT2D eigenvalue weighted by molar-refractivity contribution is -0.144. The first-order valence-electron chi connectivity index (χ1n) is 7.24. The van der Waals surface area contributed by atoms with Crippen molar-refractivity contribution in [2.24, 2.45) is 0 Å². The molecule has 0 unspecified atom stereocenters. The Balaban J connectivity index is 1.97. The number of H-pyrrole nitrogens is 1. The van der Waals surface area contributed by atoms with Gasteiger partial charge < -0.3 is 15.4 Å². The molecule has 2 heterocycles. The fraction of sp³-hybridized carbons (Fsp3) is 0.583. The molecule has 0 saturated heterocycles. The maximum atomic E-state index is 12.5. The summed E-state index contributed by atoms with van der Waals surface area (Å²) < 4.78 is 43.5. The molecule has 0 fully saturated rings. The van der Waals surface area contributed by atoms with E-state index in [1.54, 1.807) is 12.2 Å². The standard InChI is InChI=1S/C12H17F3N8O2/c1-7-18-8(9(24)17-4-3-16-5-6-25-2)22-23(7)11-19-10(20-21-11)12(13,14)15/h16H,3-6H2,1-2H3,(H,17,24)(H,19,20,21). The minimum absolute atomic E-state index is 0.177. The first-order chi connectivity index (χ1) is 11.8. The van der Waals surface area contributed by atoms with Gasteiger partial charge in [-0.1, -0.05) is 0 Å². The van der Waals surface area contributed by atoms with Crippen LogP contribution in [0.4, 0.5) is 13.2 Å². The van der Waals surface area contributed by atoms with Crippen molar-refractivity contribution in [3.05, 3.63) is 17.5 Å². The van der Waals surface area contributed by atoms with Gasteiger partial charge in [0.2, 0.25) is 11.6 Å². The Morgan fingerprint density at radius 1 is 1.28 bits per heavy atom. The molecule has 0 aliphatic rings. The fourth-order valence-corrected chi connectivity index (χ4v) is 1.79. The molecule has 2 rings (SSSR count). The van der Waals surface area contributed by atoms with E-state index in [9.17, 15) is 18.0 Å². The number of nitrogens with zero attached hydrogens (tertiary/aromatic N) is 5. The normalized spacial score (nSPS) is 11.7. The van der Waals surface area contributed by atoms with E-state index in [2.05, 4.69) is 30.8 Å². The molecule has 25 heavy (non-hydrogen) atoms. The lowest BCUT2D eigenvalue weighted by Gasteiger charge is -2.04. The third-order valence-corrected chi connectivity index (χ3v) is 2.97. The summed E-state index contributed by atoms with van der Waals surface area (Å²) in [5, 5.41) is 14.7. The highest BCUT2D eigenvalue weighted by atomic mass is 19.4. The number of halogens is 3. The highest BCUT2D eigenvalue weighted by Gasteiger charge is 2.35. The number of rotatable bonds is 8. The van der Waals surface area contributed by atoms with Crippen LogP contribution in [-0.2, 0) is 10.9 Å². The van der Waals surface area contributed by atoms with Gasteiger partial charge in [0.25, 0.3) is 11.9 Å². The Morgan fingerprint density at radius 3 is 2.68 bits per heavy atom. The Morgan fingerprint density at radius 2 is 2.04 bits per heavy atom. The van der Waals surface area contributed by atoms with Crippen molar-refractivity contribution in [1.82, 2.24) is 40.6 Å². The first-order valence-corrected chi connectivity index (χ1v) is 7.24. The molecule has 2 aromatic rings. The van der Waals surface area contributed by atoms with Gasteiger partial charge in [0, 0.05) is 26.7 Å². The number of methoxy groups -OCH3 is 1. The predicted octanol–water partition coefficient (Wildman–Crippen LogP) is -0.322. The van der Waals surface area contributed by atoms with Gasteiger partial charge in [-0.2, -0.15) is 22.8 Å². The van der Waals surface area contributed by atoms with Gasteiger partial charge in [0.15, 0.2) is 0 Å². The number of amides is 1. The largest absolute Gasteiger partial charge is 0.451 e. The van der Waals surface area contributed by atoms with Crippen molar-refractivity contribution >= 4 is 5.91 Å². The van der Waals surface area contributed by atoms with Crippen LogP contribution in [0.1, 0.15) is 22.3 Å². The van der Waals surface area contributed by atoms with Crippen LogP contribution in [0.15, 0.2) is 0 Å². The molecule has 0 radical (unpaired) electrons. The van der Waals surface area contributed by atoms with Crippen LogP contribution >= 0.6 is 0 Å². The van der Waals surface area contributed by atoms with E-state index in [1.165, 1.54) is 6.92 Å². The summed E-state index contributed by atoms with van der Waals surface area (Å²) >= 11 is 0. The predicted molar refractivity (Wildman–Crippen MR) is 78.1 cm³/mol. The maximum Gasteiger partial charge on any atom is 0.451 e. The zero-order valence-electron chi connectivity index (χ0n) is 13.5. The van der Waals surface area contributed by atoms with Crippen LogP contribution in [-0.4, -0.2) is 69.2 Å². The van der Waals surface area contributed by atoms with Crippen molar-refractivity contribution < 1.29 is 22.7 Å². The summed E-state index contributed by atoms with van der Waals surface area (Å²) in [5.74, 6) is -2.17. The molecule has 10 nitrogen and oxygen atoms in total. The third-order valence-electron chi connectivity index (χ3n) is 2.97. The first kappa shape index (κ1) is 18.8. The Kier molecular flexibility index (Phi) is 6.03. The monoisotopic (exact) mass is 362 g/mol. The molecule has 0 aromatic carbocycles. The molecule has 13 heteroatoms. The van der Waals surface area contributed by atoms with Gasteiger partial charge >= 0.3 is 6.18 Å². The zero-order valence-corrected chi connectivity index (χ0v) is 13.5. The van der Waals surface area contributed by atoms with Crippen molar-refractivity contribution in [2.45, 2.75) is 13.1 Å². The zero-order chi connectivity index (χ0) is 18.4. The summed E-state index contributed by atoms with van der Waals surface area (Å²) in [7, 11) is 1.58. The summed E-state index contributed by atoms with van der Waals surface area (Å²) in [6.07, 6.45) is -4.66. The van der Waals surface area contributed by atoms with Gasteiger partial charge in [-0.15, -0.1) is 10.2 Å². The van der Waals surface area contributed by atoms with E-state index < -0.39 is 17.9 Å². The maximum absolute atomic E-state index is 12.5. The number of hydrogen-bond acceptors (Lipinski definition) is 7. The van der Waals surface area contributed by atoms with E-state index in [0.29, 0.717) is 26.2 Å². The van der Waals surface area contributed by atoms with Crippen LogP contribution in [0.2, 0.25) is 0 Å². The van der Waals surface area contributed by atoms with Crippen molar-refractivity contribution in [3.8, 4) is 5.95 Å². The second kappa shape index (κ2) is 8.02. The number of hydrogen-bond donors (Lipinski definition) is 3. The van der Waals surface area contributed by atoms with Gasteiger partial charge in [0.1, 0.15) is 5.82 Å². The molecule has 0 aliphatic carbocycles. The van der Waals surface area contributed by atoms with E-state index in [4.69, 9.17) is 4.74 Å². The van der Waals surface area contributed by atoms with Gasteiger partial charge in [-0.25, -0.2) is 4.98 Å². The molecule has 0 atom stereocenters. The van der Waals surface area contributed by atoms with E-state index >= 15 is 0 Å². The minimum Gasteiger partial charge on any atom is -0.383 e. The fourth-order valence-electron chi connectivity index (χ4n) is 1.79. The Bertz CT molecular complexity index is 712. The number of carbonyl (C=O) groups is 1. The van der Waals surface area contributed by atoms with Crippen molar-refractivity contribution in [1.29, 1.82) is 0 Å². The third kappa shape index (κ3) is 4.96. The molecular formula is C12H17F3N8O2. The average Bonchev–Trinajstić information content (AvgIpc) is 3.16. The highest BCUT2D eigenvalue weighted by molar-refractivity contribution is 5.90. The second-order valence-corrected chi connectivity index (χ2v) is 4.87. The number of aromatic amines is 1. The van der Waals surface area contributed by atoms with Gasteiger partial charge in [0.05, 0.1) is 6.61 Å². The minimum atomic E-state index is -4.66. The summed E-state index contributed by atoms with van der Waals surface area (Å²) in [6.45, 7) is 3.51. The van der Waals surface area contributed by atoms with Crippen LogP contribution in [0.3, 0.4) is 0 Å². The van der Waals surface area contributed by atoms with Crippen LogP contribution in [0, 0.1) is 6.92 Å². The number of alkyl halides is 3. The summed E-state index contributed by atoms with van der Waals surface area (Å²) in [5.41, 5.74) is 0. The number of aryl methyl sites for hydroxylation is 1. The molecule has 2 aromatic heterocycles. The molecule has 0 bridgehead atoms. The lowest BCUT2D eigenvalue weighted by atomic mass is 10.5. The highest BCUT2D eigenvalue weighted by Crippen LogP contribution is 2.26. The quantitative estimate of drug-likeness (QED) is 0.550. The molecule has 138 valence electrons. The molecule has 0 saturated carbocycles. The summed E-state index contributed by atoms with van der Waals surface area (Å²) in [6, 6.07) is 0.